The zero-order valence-corrected chi connectivity index (χ0v) is 8.68. The number of hydrogen-bond donors (Lipinski definition) is 1. The molecule has 1 saturated carbocycles. The summed E-state index contributed by atoms with van der Waals surface area (Å²) >= 11 is 0. The molecular weight excluding hydrogens is 174 g/mol. The van der Waals surface area contributed by atoms with Gasteiger partial charge in [-0.25, -0.2) is 0 Å². The highest BCUT2D eigenvalue weighted by Crippen LogP contribution is 2.43. The van der Waals surface area contributed by atoms with Gasteiger partial charge in [-0.3, -0.25) is 0 Å². The van der Waals surface area contributed by atoms with Crippen LogP contribution < -0.4 is 5.32 Å². The van der Waals surface area contributed by atoms with E-state index in [2.05, 4.69) is 18.3 Å². The van der Waals surface area contributed by atoms with Crippen LogP contribution in [0.3, 0.4) is 0 Å². The lowest BCUT2D eigenvalue weighted by Gasteiger charge is -2.38. The minimum Gasteiger partial charge on any atom is -0.469 e. The summed E-state index contributed by atoms with van der Waals surface area (Å²) in [5.74, 6) is 1.22. The molecule has 1 N–H and O–H groups in total. The van der Waals surface area contributed by atoms with E-state index < -0.39 is 0 Å². The second-order valence-electron chi connectivity index (χ2n) is 4.80. The van der Waals surface area contributed by atoms with E-state index >= 15 is 0 Å². The fourth-order valence-electron chi connectivity index (χ4n) is 3.20. The molecule has 1 spiro atoms. The molecule has 1 unspecified atom stereocenters. The van der Waals surface area contributed by atoms with Crippen molar-refractivity contribution in [1.82, 2.24) is 5.32 Å². The summed E-state index contributed by atoms with van der Waals surface area (Å²) in [4.78, 5) is 0. The molecule has 0 amide bonds. The summed E-state index contributed by atoms with van der Waals surface area (Å²) in [6.07, 6.45) is 8.16. The van der Waals surface area contributed by atoms with E-state index in [4.69, 9.17) is 4.42 Å². The predicted molar refractivity (Wildman–Crippen MR) is 55.2 cm³/mol. The number of rotatable bonds is 0. The number of hydrogen-bond acceptors (Lipinski definition) is 2. The van der Waals surface area contributed by atoms with Gasteiger partial charge in [0.05, 0.1) is 6.26 Å². The van der Waals surface area contributed by atoms with Gasteiger partial charge in [0.25, 0.3) is 0 Å². The molecule has 1 aliphatic carbocycles. The Hall–Kier alpha value is -0.760. The maximum absolute atomic E-state index is 5.57. The van der Waals surface area contributed by atoms with Crippen molar-refractivity contribution in [2.45, 2.75) is 50.6 Å². The van der Waals surface area contributed by atoms with Crippen molar-refractivity contribution in [3.8, 4) is 0 Å². The standard InChI is InChI=1S/C12H17NO/c1-9-8-11-10(4-7-14-11)12(13-9)5-2-3-6-12/h4,7,9,13H,2-3,5-6,8H2,1H3. The third-order valence-corrected chi connectivity index (χ3v) is 3.73. The predicted octanol–water partition coefficient (Wildman–Crippen LogP) is 2.58. The van der Waals surface area contributed by atoms with Crippen LogP contribution in [0.5, 0.6) is 0 Å². The second-order valence-corrected chi connectivity index (χ2v) is 4.80. The molecule has 2 heteroatoms. The van der Waals surface area contributed by atoms with Crippen LogP contribution in [0.1, 0.15) is 43.9 Å². The monoisotopic (exact) mass is 191 g/mol. The van der Waals surface area contributed by atoms with Crippen LogP contribution in [0.15, 0.2) is 16.7 Å². The highest BCUT2D eigenvalue weighted by Gasteiger charge is 2.42. The molecule has 1 aromatic rings. The molecular formula is C12H17NO. The van der Waals surface area contributed by atoms with Crippen LogP contribution >= 0.6 is 0 Å². The lowest BCUT2D eigenvalue weighted by atomic mass is 9.83. The molecule has 14 heavy (non-hydrogen) atoms. The summed E-state index contributed by atoms with van der Waals surface area (Å²) < 4.78 is 5.57. The normalized spacial score (nSPS) is 29.4. The fraction of sp³-hybridized carbons (Fsp3) is 0.667. The van der Waals surface area contributed by atoms with E-state index in [1.165, 1.54) is 37.0 Å². The average Bonchev–Trinajstić information content (AvgIpc) is 2.73. The van der Waals surface area contributed by atoms with Gasteiger partial charge in [-0.2, -0.15) is 0 Å². The molecule has 0 saturated heterocycles. The summed E-state index contributed by atoms with van der Waals surface area (Å²) in [5.41, 5.74) is 1.70. The largest absolute Gasteiger partial charge is 0.469 e. The summed E-state index contributed by atoms with van der Waals surface area (Å²) in [6.45, 7) is 2.26. The second kappa shape index (κ2) is 2.86. The highest BCUT2D eigenvalue weighted by molar-refractivity contribution is 5.31. The highest BCUT2D eigenvalue weighted by atomic mass is 16.3. The molecule has 3 rings (SSSR count). The first-order valence-corrected chi connectivity index (χ1v) is 5.65. The Morgan fingerprint density at radius 2 is 2.21 bits per heavy atom. The van der Waals surface area contributed by atoms with Gasteiger partial charge >= 0.3 is 0 Å². The van der Waals surface area contributed by atoms with Crippen LogP contribution in [-0.2, 0) is 12.0 Å². The summed E-state index contributed by atoms with van der Waals surface area (Å²) in [6, 6.07) is 2.73. The Balaban J connectivity index is 2.07. The first-order valence-electron chi connectivity index (χ1n) is 5.65. The first kappa shape index (κ1) is 8.54. The van der Waals surface area contributed by atoms with E-state index in [0.29, 0.717) is 6.04 Å². The molecule has 1 atom stereocenters. The Morgan fingerprint density at radius 1 is 1.43 bits per heavy atom. The minimum absolute atomic E-state index is 0.264. The van der Waals surface area contributed by atoms with Crippen LogP contribution in [0, 0.1) is 0 Å². The Kier molecular flexibility index (Phi) is 1.75. The van der Waals surface area contributed by atoms with Crippen molar-refractivity contribution in [2.24, 2.45) is 0 Å². The molecule has 2 aliphatic rings. The summed E-state index contributed by atoms with van der Waals surface area (Å²) in [5, 5.41) is 3.77. The summed E-state index contributed by atoms with van der Waals surface area (Å²) in [7, 11) is 0. The van der Waals surface area contributed by atoms with Crippen molar-refractivity contribution in [3.05, 3.63) is 23.7 Å². The van der Waals surface area contributed by atoms with Crippen molar-refractivity contribution in [3.63, 3.8) is 0 Å². The van der Waals surface area contributed by atoms with Crippen molar-refractivity contribution < 1.29 is 4.42 Å². The maximum atomic E-state index is 5.57. The average molecular weight is 191 g/mol. The van der Waals surface area contributed by atoms with Crippen LogP contribution in [0.25, 0.3) is 0 Å². The van der Waals surface area contributed by atoms with E-state index in [1.54, 1.807) is 0 Å². The van der Waals surface area contributed by atoms with Crippen LogP contribution in [0.2, 0.25) is 0 Å². The van der Waals surface area contributed by atoms with Gasteiger partial charge in [-0.05, 0) is 25.8 Å². The van der Waals surface area contributed by atoms with Gasteiger partial charge in [0, 0.05) is 23.6 Å². The zero-order valence-electron chi connectivity index (χ0n) is 8.68. The molecule has 0 aromatic carbocycles. The Bertz CT molecular complexity index is 336. The number of furan rings is 1. The SMILES string of the molecule is CC1Cc2occc2C2(CCCC2)N1. The topological polar surface area (TPSA) is 25.2 Å². The Labute approximate surface area is 84.7 Å². The Morgan fingerprint density at radius 3 is 3.00 bits per heavy atom. The van der Waals surface area contributed by atoms with Crippen LogP contribution in [0.4, 0.5) is 0 Å². The quantitative estimate of drug-likeness (QED) is 0.682. The van der Waals surface area contributed by atoms with Gasteiger partial charge in [0.2, 0.25) is 0 Å². The van der Waals surface area contributed by atoms with E-state index in [1.807, 2.05) is 6.26 Å². The maximum Gasteiger partial charge on any atom is 0.110 e. The lowest BCUT2D eigenvalue weighted by Crippen LogP contribution is -2.49. The lowest BCUT2D eigenvalue weighted by molar-refractivity contribution is 0.262. The van der Waals surface area contributed by atoms with Crippen LogP contribution in [-0.4, -0.2) is 6.04 Å². The van der Waals surface area contributed by atoms with Crippen molar-refractivity contribution in [1.29, 1.82) is 0 Å². The van der Waals surface area contributed by atoms with Crippen molar-refractivity contribution >= 4 is 0 Å². The number of nitrogens with one attached hydrogen (secondary N) is 1. The van der Waals surface area contributed by atoms with Gasteiger partial charge in [-0.1, -0.05) is 12.8 Å². The van der Waals surface area contributed by atoms with Gasteiger partial charge in [-0.15, -0.1) is 0 Å². The smallest absolute Gasteiger partial charge is 0.110 e. The zero-order chi connectivity index (χ0) is 9.60. The van der Waals surface area contributed by atoms with Gasteiger partial charge in [0.15, 0.2) is 0 Å². The molecule has 1 fully saturated rings. The molecule has 0 radical (unpaired) electrons. The van der Waals surface area contributed by atoms with Gasteiger partial charge in [0.1, 0.15) is 5.76 Å². The van der Waals surface area contributed by atoms with Gasteiger partial charge < -0.3 is 9.73 Å². The molecule has 2 nitrogen and oxygen atoms in total. The minimum atomic E-state index is 0.264. The molecule has 1 aromatic heterocycles. The molecule has 0 bridgehead atoms. The van der Waals surface area contributed by atoms with E-state index in [9.17, 15) is 0 Å². The van der Waals surface area contributed by atoms with E-state index in [-0.39, 0.29) is 5.54 Å². The first-order chi connectivity index (χ1) is 6.80. The van der Waals surface area contributed by atoms with E-state index in [0.717, 1.165) is 6.42 Å². The molecule has 2 heterocycles. The molecule has 1 aliphatic heterocycles. The third kappa shape index (κ3) is 1.07. The third-order valence-electron chi connectivity index (χ3n) is 3.73. The van der Waals surface area contributed by atoms with Crippen molar-refractivity contribution in [2.75, 3.05) is 0 Å². The molecule has 76 valence electrons. The number of fused-ring (bicyclic) bond motifs is 2. The fourth-order valence-corrected chi connectivity index (χ4v) is 3.20.